The SMILES string of the molecule is COc1ccc(/N=N/c2c(S(=O)(=O)O)cc3cc(NC(=O)c4ccc(OC)c(OC)c4)ccc3c2O)cc1. The number of benzene rings is 4. The highest BCUT2D eigenvalue weighted by Gasteiger charge is 2.22. The van der Waals surface area contributed by atoms with Crippen molar-refractivity contribution < 1.29 is 37.1 Å². The van der Waals surface area contributed by atoms with E-state index in [-0.39, 0.29) is 10.8 Å². The van der Waals surface area contributed by atoms with E-state index in [1.807, 2.05) is 0 Å². The minimum atomic E-state index is -4.80. The number of hydrogen-bond donors (Lipinski definition) is 3. The fourth-order valence-electron chi connectivity index (χ4n) is 3.66. The molecule has 0 aliphatic rings. The Balaban J connectivity index is 1.70. The number of anilines is 1. The second-order valence-corrected chi connectivity index (χ2v) is 9.29. The summed E-state index contributed by atoms with van der Waals surface area (Å²) in [6, 6.07) is 16.7. The minimum absolute atomic E-state index is 0.226. The van der Waals surface area contributed by atoms with Crippen LogP contribution in [-0.2, 0) is 10.1 Å². The van der Waals surface area contributed by atoms with Crippen molar-refractivity contribution in [3.05, 3.63) is 72.3 Å². The Labute approximate surface area is 218 Å². The van der Waals surface area contributed by atoms with Crippen molar-refractivity contribution >= 4 is 43.9 Å². The number of phenols is 1. The van der Waals surface area contributed by atoms with Crippen molar-refractivity contribution in [2.45, 2.75) is 4.90 Å². The standard InChI is InChI=1S/C26H23N3O8S/c1-35-19-8-5-17(6-9-19)28-29-24-23(38(32,33)34)14-16-12-18(7-10-20(16)25(24)30)27-26(31)15-4-11-21(36-2)22(13-15)37-3/h4-14,30H,1-3H3,(H,27,31)(H,32,33,34)/b29-28+. The molecule has 0 aromatic heterocycles. The third-order valence-corrected chi connectivity index (χ3v) is 6.44. The third kappa shape index (κ3) is 5.51. The molecule has 0 aliphatic carbocycles. The molecule has 3 N–H and O–H groups in total. The van der Waals surface area contributed by atoms with E-state index in [0.717, 1.165) is 6.07 Å². The first kappa shape index (κ1) is 26.4. The monoisotopic (exact) mass is 537 g/mol. The zero-order chi connectivity index (χ0) is 27.4. The van der Waals surface area contributed by atoms with Crippen LogP contribution in [0.3, 0.4) is 0 Å². The van der Waals surface area contributed by atoms with E-state index in [9.17, 15) is 22.9 Å². The van der Waals surface area contributed by atoms with Crippen molar-refractivity contribution in [1.29, 1.82) is 0 Å². The first-order valence-corrected chi connectivity index (χ1v) is 12.4. The largest absolute Gasteiger partial charge is 0.505 e. The zero-order valence-corrected chi connectivity index (χ0v) is 21.3. The van der Waals surface area contributed by atoms with Gasteiger partial charge in [-0.25, -0.2) is 0 Å². The number of fused-ring (bicyclic) bond motifs is 1. The normalized spacial score (nSPS) is 11.5. The first-order chi connectivity index (χ1) is 18.1. The highest BCUT2D eigenvalue weighted by Crippen LogP contribution is 2.42. The van der Waals surface area contributed by atoms with E-state index in [2.05, 4.69) is 15.5 Å². The molecule has 0 unspecified atom stereocenters. The van der Waals surface area contributed by atoms with Crippen LogP contribution in [0.5, 0.6) is 23.0 Å². The molecule has 0 bridgehead atoms. The summed E-state index contributed by atoms with van der Waals surface area (Å²) in [7, 11) is -0.361. The van der Waals surface area contributed by atoms with Gasteiger partial charge < -0.3 is 24.6 Å². The molecule has 4 aromatic carbocycles. The number of nitrogens with zero attached hydrogens (tertiary/aromatic N) is 2. The molecule has 0 aliphatic heterocycles. The van der Waals surface area contributed by atoms with E-state index < -0.39 is 32.4 Å². The van der Waals surface area contributed by atoms with Crippen LogP contribution in [0, 0.1) is 0 Å². The predicted molar refractivity (Wildman–Crippen MR) is 140 cm³/mol. The van der Waals surface area contributed by atoms with Crippen molar-refractivity contribution in [3.8, 4) is 23.0 Å². The van der Waals surface area contributed by atoms with E-state index in [1.165, 1.54) is 45.6 Å². The molecule has 0 radical (unpaired) electrons. The van der Waals surface area contributed by atoms with Crippen molar-refractivity contribution in [1.82, 2.24) is 0 Å². The van der Waals surface area contributed by atoms with Gasteiger partial charge in [0.25, 0.3) is 16.0 Å². The summed E-state index contributed by atoms with van der Waals surface area (Å²) in [5, 5.41) is 21.9. The Morgan fingerprint density at radius 2 is 1.55 bits per heavy atom. The Hall–Kier alpha value is -4.68. The number of methoxy groups -OCH3 is 3. The number of carbonyl (C=O) groups is 1. The van der Waals surface area contributed by atoms with Crippen LogP contribution >= 0.6 is 0 Å². The van der Waals surface area contributed by atoms with Crippen molar-refractivity contribution in [2.24, 2.45) is 10.2 Å². The van der Waals surface area contributed by atoms with Gasteiger partial charge in [-0.1, -0.05) is 0 Å². The Kier molecular flexibility index (Phi) is 7.46. The summed E-state index contributed by atoms with van der Waals surface area (Å²) in [5.41, 5.74) is 0.529. The molecule has 0 saturated carbocycles. The van der Waals surface area contributed by atoms with Crippen LogP contribution in [0.1, 0.15) is 10.4 Å². The van der Waals surface area contributed by atoms with Gasteiger partial charge in [-0.15, -0.1) is 5.11 Å². The Morgan fingerprint density at radius 1 is 0.842 bits per heavy atom. The number of nitrogens with one attached hydrogen (secondary N) is 1. The van der Waals surface area contributed by atoms with Gasteiger partial charge >= 0.3 is 0 Å². The van der Waals surface area contributed by atoms with Crippen LogP contribution in [0.15, 0.2) is 81.9 Å². The molecule has 0 saturated heterocycles. The topological polar surface area (TPSA) is 156 Å². The lowest BCUT2D eigenvalue weighted by Crippen LogP contribution is -2.12. The molecule has 0 atom stereocenters. The first-order valence-electron chi connectivity index (χ1n) is 11.0. The highest BCUT2D eigenvalue weighted by atomic mass is 32.2. The highest BCUT2D eigenvalue weighted by molar-refractivity contribution is 7.86. The molecule has 4 aromatic rings. The van der Waals surface area contributed by atoms with Crippen LogP contribution in [0.25, 0.3) is 10.8 Å². The van der Waals surface area contributed by atoms with Gasteiger partial charge in [0.15, 0.2) is 17.2 Å². The molecular formula is C26H23N3O8S. The molecule has 0 heterocycles. The Bertz CT molecular complexity index is 1650. The van der Waals surface area contributed by atoms with E-state index >= 15 is 0 Å². The van der Waals surface area contributed by atoms with Gasteiger partial charge in [-0.2, -0.15) is 13.5 Å². The van der Waals surface area contributed by atoms with Crippen molar-refractivity contribution in [2.75, 3.05) is 26.6 Å². The fourth-order valence-corrected chi connectivity index (χ4v) is 4.32. The molecular weight excluding hydrogens is 514 g/mol. The number of phenolic OH excluding ortho intramolecular Hbond substituents is 1. The number of azo groups is 1. The van der Waals surface area contributed by atoms with Gasteiger partial charge in [0.05, 0.1) is 27.0 Å². The summed E-state index contributed by atoms with van der Waals surface area (Å²) in [5.74, 6) is 0.449. The lowest BCUT2D eigenvalue weighted by molar-refractivity contribution is 0.102. The van der Waals surface area contributed by atoms with Crippen LogP contribution in [-0.4, -0.2) is 45.3 Å². The van der Waals surface area contributed by atoms with Gasteiger partial charge in [0, 0.05) is 16.6 Å². The van der Waals surface area contributed by atoms with Crippen molar-refractivity contribution in [3.63, 3.8) is 0 Å². The number of rotatable bonds is 8. The predicted octanol–water partition coefficient (Wildman–Crippen LogP) is 5.49. The average Bonchev–Trinajstić information content (AvgIpc) is 2.91. The molecule has 1 amide bonds. The Morgan fingerprint density at radius 3 is 2.18 bits per heavy atom. The van der Waals surface area contributed by atoms with E-state index in [1.54, 1.807) is 36.4 Å². The lowest BCUT2D eigenvalue weighted by atomic mass is 10.1. The molecule has 38 heavy (non-hydrogen) atoms. The quantitative estimate of drug-likeness (QED) is 0.197. The summed E-state index contributed by atoms with van der Waals surface area (Å²) in [4.78, 5) is 12.1. The fraction of sp³-hybridized carbons (Fsp3) is 0.115. The van der Waals surface area contributed by atoms with Gasteiger partial charge in [-0.05, 0) is 72.1 Å². The van der Waals surface area contributed by atoms with Gasteiger partial charge in [0.1, 0.15) is 16.3 Å². The maximum atomic E-state index is 12.8. The maximum Gasteiger partial charge on any atom is 0.296 e. The van der Waals surface area contributed by atoms with Gasteiger partial charge in [0.2, 0.25) is 0 Å². The average molecular weight is 538 g/mol. The summed E-state index contributed by atoms with van der Waals surface area (Å²) < 4.78 is 49.6. The third-order valence-electron chi connectivity index (χ3n) is 5.57. The maximum absolute atomic E-state index is 12.8. The van der Waals surface area contributed by atoms with Crippen LogP contribution in [0.4, 0.5) is 17.1 Å². The summed E-state index contributed by atoms with van der Waals surface area (Å²) >= 11 is 0. The second kappa shape index (κ2) is 10.7. The van der Waals surface area contributed by atoms with E-state index in [0.29, 0.717) is 34.2 Å². The number of ether oxygens (including phenoxy) is 3. The number of carbonyl (C=O) groups excluding carboxylic acids is 1. The molecule has 4 rings (SSSR count). The molecule has 12 heteroatoms. The zero-order valence-electron chi connectivity index (χ0n) is 20.5. The molecule has 196 valence electrons. The molecule has 0 spiro atoms. The smallest absolute Gasteiger partial charge is 0.296 e. The van der Waals surface area contributed by atoms with Crippen LogP contribution in [0.2, 0.25) is 0 Å². The minimum Gasteiger partial charge on any atom is -0.505 e. The number of aromatic hydroxyl groups is 1. The van der Waals surface area contributed by atoms with E-state index in [4.69, 9.17) is 14.2 Å². The van der Waals surface area contributed by atoms with Crippen LogP contribution < -0.4 is 19.5 Å². The summed E-state index contributed by atoms with van der Waals surface area (Å²) in [6.07, 6.45) is 0. The molecule has 11 nitrogen and oxygen atoms in total. The number of hydrogen-bond acceptors (Lipinski definition) is 9. The number of amides is 1. The van der Waals surface area contributed by atoms with Gasteiger partial charge in [-0.3, -0.25) is 9.35 Å². The second-order valence-electron chi connectivity index (χ2n) is 7.90. The summed E-state index contributed by atoms with van der Waals surface area (Å²) in [6.45, 7) is 0. The molecule has 0 fully saturated rings. The lowest BCUT2D eigenvalue weighted by Gasteiger charge is -2.12.